The number of aryl methyl sites for hydroxylation is 1. The van der Waals surface area contributed by atoms with Crippen molar-refractivity contribution in [3.05, 3.63) is 41.6 Å². The second-order valence-corrected chi connectivity index (χ2v) is 8.86. The number of nitrogens with zero attached hydrogens (tertiary/aromatic N) is 2. The molecule has 4 nitrogen and oxygen atoms in total. The summed E-state index contributed by atoms with van der Waals surface area (Å²) in [6, 6.07) is 10.7. The molecule has 0 aliphatic heterocycles. The predicted octanol–water partition coefficient (Wildman–Crippen LogP) is 6.00. The van der Waals surface area contributed by atoms with Crippen LogP contribution in [0.2, 0.25) is 0 Å². The highest BCUT2D eigenvalue weighted by atomic mass is 16.5. The van der Waals surface area contributed by atoms with E-state index in [1.807, 2.05) is 18.2 Å². The van der Waals surface area contributed by atoms with Gasteiger partial charge in [-0.15, -0.1) is 0 Å². The van der Waals surface area contributed by atoms with Crippen LogP contribution >= 0.6 is 0 Å². The molecular formula is C24H32N2O2. The zero-order chi connectivity index (χ0) is 19.5. The number of benzene rings is 1. The zero-order valence-corrected chi connectivity index (χ0v) is 17.2. The molecule has 0 radical (unpaired) electrons. The first-order valence-corrected chi connectivity index (χ1v) is 11.0. The fourth-order valence-electron chi connectivity index (χ4n) is 4.87. The van der Waals surface area contributed by atoms with Gasteiger partial charge in [0.25, 0.3) is 5.91 Å². The molecule has 2 aliphatic carbocycles. The maximum atomic E-state index is 13.5. The number of rotatable bonds is 4. The summed E-state index contributed by atoms with van der Waals surface area (Å²) < 4.78 is 5.56. The van der Waals surface area contributed by atoms with Gasteiger partial charge >= 0.3 is 0 Å². The molecule has 2 aliphatic rings. The van der Waals surface area contributed by atoms with Crippen molar-refractivity contribution in [1.29, 1.82) is 0 Å². The minimum Gasteiger partial charge on any atom is -0.355 e. The molecule has 150 valence electrons. The Morgan fingerprint density at radius 2 is 1.61 bits per heavy atom. The van der Waals surface area contributed by atoms with Crippen LogP contribution in [0.3, 0.4) is 0 Å². The second kappa shape index (κ2) is 8.50. The van der Waals surface area contributed by atoms with Gasteiger partial charge in [0, 0.05) is 23.7 Å². The molecule has 1 aromatic carbocycles. The lowest BCUT2D eigenvalue weighted by Crippen LogP contribution is -2.49. The number of carbonyl (C=O) groups is 1. The quantitative estimate of drug-likeness (QED) is 0.653. The molecule has 0 saturated heterocycles. The van der Waals surface area contributed by atoms with Crippen LogP contribution in [0.5, 0.6) is 0 Å². The summed E-state index contributed by atoms with van der Waals surface area (Å²) in [7, 11) is 0. The molecule has 2 aromatic rings. The van der Waals surface area contributed by atoms with Crippen molar-refractivity contribution in [2.45, 2.75) is 83.7 Å². The van der Waals surface area contributed by atoms with Crippen LogP contribution in [0, 0.1) is 12.8 Å². The van der Waals surface area contributed by atoms with E-state index in [9.17, 15) is 4.79 Å². The molecule has 1 amide bonds. The number of hydrogen-bond donors (Lipinski definition) is 0. The predicted molar refractivity (Wildman–Crippen MR) is 111 cm³/mol. The Morgan fingerprint density at radius 3 is 2.29 bits per heavy atom. The minimum absolute atomic E-state index is 0.0635. The average Bonchev–Trinajstić information content (AvgIpc) is 3.21. The van der Waals surface area contributed by atoms with E-state index in [2.05, 4.69) is 36.0 Å². The molecule has 0 spiro atoms. The summed E-state index contributed by atoms with van der Waals surface area (Å²) in [5, 5.41) is 4.17. The van der Waals surface area contributed by atoms with E-state index in [0.717, 1.165) is 37.2 Å². The van der Waals surface area contributed by atoms with Crippen LogP contribution in [-0.4, -0.2) is 28.0 Å². The van der Waals surface area contributed by atoms with Gasteiger partial charge in [-0.05, 0) is 51.4 Å². The molecule has 4 heteroatoms. The highest BCUT2D eigenvalue weighted by molar-refractivity contribution is 5.93. The molecule has 2 fully saturated rings. The van der Waals surface area contributed by atoms with Crippen LogP contribution < -0.4 is 0 Å². The molecule has 0 N–H and O–H groups in total. The minimum atomic E-state index is 0.0635. The number of carbonyl (C=O) groups excluding carboxylic acids is 1. The largest absolute Gasteiger partial charge is 0.355 e. The first-order chi connectivity index (χ1) is 13.6. The summed E-state index contributed by atoms with van der Waals surface area (Å²) >= 11 is 0. The highest BCUT2D eigenvalue weighted by Gasteiger charge is 2.35. The van der Waals surface area contributed by atoms with Crippen molar-refractivity contribution in [2.75, 3.05) is 0 Å². The van der Waals surface area contributed by atoms with Gasteiger partial charge in [0.1, 0.15) is 0 Å². The van der Waals surface area contributed by atoms with Gasteiger partial charge in [0.2, 0.25) is 0 Å². The zero-order valence-electron chi connectivity index (χ0n) is 17.2. The molecule has 0 atom stereocenters. The van der Waals surface area contributed by atoms with Crippen molar-refractivity contribution in [1.82, 2.24) is 10.1 Å². The Hall–Kier alpha value is -2.10. The number of hydrogen-bond acceptors (Lipinski definition) is 3. The Labute approximate surface area is 168 Å². The average molecular weight is 381 g/mol. The third-order valence-corrected chi connectivity index (χ3v) is 6.65. The van der Waals surface area contributed by atoms with Gasteiger partial charge < -0.3 is 9.42 Å². The van der Waals surface area contributed by atoms with Crippen molar-refractivity contribution in [2.24, 2.45) is 5.92 Å². The number of amides is 1. The Morgan fingerprint density at radius 1 is 0.964 bits per heavy atom. The monoisotopic (exact) mass is 380 g/mol. The number of aromatic nitrogens is 1. The first kappa shape index (κ1) is 19.2. The van der Waals surface area contributed by atoms with Crippen molar-refractivity contribution < 1.29 is 9.32 Å². The van der Waals surface area contributed by atoms with Gasteiger partial charge in [0.15, 0.2) is 11.5 Å². The molecule has 1 aromatic heterocycles. The molecule has 2 saturated carbocycles. The van der Waals surface area contributed by atoms with E-state index in [1.54, 1.807) is 0 Å². The van der Waals surface area contributed by atoms with Crippen molar-refractivity contribution in [3.63, 3.8) is 0 Å². The SMILES string of the molecule is Cc1ccc(-c2cc(C(=O)N(C3CCCCC3)C3CCC(C)CC3)no2)cc1. The van der Waals surface area contributed by atoms with E-state index in [0.29, 0.717) is 23.5 Å². The van der Waals surface area contributed by atoms with Gasteiger partial charge in [0.05, 0.1) is 0 Å². The topological polar surface area (TPSA) is 46.3 Å². The van der Waals surface area contributed by atoms with Crippen LogP contribution in [-0.2, 0) is 0 Å². The third-order valence-electron chi connectivity index (χ3n) is 6.65. The maximum absolute atomic E-state index is 13.5. The fourth-order valence-corrected chi connectivity index (χ4v) is 4.87. The molecule has 1 heterocycles. The summed E-state index contributed by atoms with van der Waals surface area (Å²) in [4.78, 5) is 15.7. The van der Waals surface area contributed by atoms with Crippen LogP contribution in [0.1, 0.15) is 80.8 Å². The summed E-state index contributed by atoms with van der Waals surface area (Å²) in [6.45, 7) is 4.39. The first-order valence-electron chi connectivity index (χ1n) is 11.0. The molecule has 28 heavy (non-hydrogen) atoms. The summed E-state index contributed by atoms with van der Waals surface area (Å²) in [5.41, 5.74) is 2.63. The van der Waals surface area contributed by atoms with E-state index >= 15 is 0 Å². The Kier molecular flexibility index (Phi) is 5.84. The molecule has 0 bridgehead atoms. The fraction of sp³-hybridized carbons (Fsp3) is 0.583. The lowest BCUT2D eigenvalue weighted by Gasteiger charge is -2.42. The van der Waals surface area contributed by atoms with E-state index < -0.39 is 0 Å². The third kappa shape index (κ3) is 4.16. The van der Waals surface area contributed by atoms with Gasteiger partial charge in [-0.3, -0.25) is 4.79 Å². The van der Waals surface area contributed by atoms with Crippen molar-refractivity contribution in [3.8, 4) is 11.3 Å². The smallest absolute Gasteiger partial charge is 0.276 e. The molecular weight excluding hydrogens is 348 g/mol. The summed E-state index contributed by atoms with van der Waals surface area (Å²) in [5.74, 6) is 1.51. The standard InChI is InChI=1S/C24H32N2O2/c1-17-8-12-19(13-9-17)23-16-22(25-28-23)24(27)26(20-6-4-3-5-7-20)21-14-10-18(2)11-15-21/h8-9,12-13,16,18,20-21H,3-7,10-11,14-15H2,1-2H3. The van der Waals surface area contributed by atoms with Gasteiger partial charge in [-0.1, -0.05) is 61.2 Å². The van der Waals surface area contributed by atoms with Gasteiger partial charge in [-0.25, -0.2) is 0 Å². The Bertz CT molecular complexity index is 781. The normalized spacial score (nSPS) is 23.5. The molecule has 0 unspecified atom stereocenters. The second-order valence-electron chi connectivity index (χ2n) is 8.86. The molecule has 4 rings (SSSR count). The highest BCUT2D eigenvalue weighted by Crippen LogP contribution is 2.33. The van der Waals surface area contributed by atoms with Gasteiger partial charge in [-0.2, -0.15) is 0 Å². The van der Waals surface area contributed by atoms with Crippen LogP contribution in [0.25, 0.3) is 11.3 Å². The van der Waals surface area contributed by atoms with E-state index in [4.69, 9.17) is 4.52 Å². The van der Waals surface area contributed by atoms with E-state index in [-0.39, 0.29) is 5.91 Å². The Balaban J connectivity index is 1.57. The lowest BCUT2D eigenvalue weighted by molar-refractivity contribution is 0.0412. The van der Waals surface area contributed by atoms with Crippen LogP contribution in [0.15, 0.2) is 34.9 Å². The van der Waals surface area contributed by atoms with Crippen molar-refractivity contribution >= 4 is 5.91 Å². The summed E-state index contributed by atoms with van der Waals surface area (Å²) in [6.07, 6.45) is 10.7. The lowest BCUT2D eigenvalue weighted by atomic mass is 9.84. The maximum Gasteiger partial charge on any atom is 0.276 e. The van der Waals surface area contributed by atoms with E-state index in [1.165, 1.54) is 37.7 Å². The van der Waals surface area contributed by atoms with Crippen LogP contribution in [0.4, 0.5) is 0 Å².